The van der Waals surface area contributed by atoms with E-state index in [0.29, 0.717) is 43.4 Å². The van der Waals surface area contributed by atoms with Crippen LogP contribution < -0.4 is 10.2 Å². The van der Waals surface area contributed by atoms with Gasteiger partial charge >= 0.3 is 0 Å². The highest BCUT2D eigenvalue weighted by Gasteiger charge is 2.37. The second-order valence-electron chi connectivity index (χ2n) is 11.9. The number of nitrogens with one attached hydrogen (secondary N) is 1. The molecule has 2 amide bonds. The topological polar surface area (TPSA) is 66.8 Å². The molecule has 7 nitrogen and oxygen atoms in total. The van der Waals surface area contributed by atoms with Gasteiger partial charge in [-0.1, -0.05) is 60.7 Å². The van der Waals surface area contributed by atoms with Crippen molar-refractivity contribution in [3.63, 3.8) is 0 Å². The molecule has 0 radical (unpaired) electrons. The smallest absolute Gasteiger partial charge is 0.267 e. The predicted octanol–water partition coefficient (Wildman–Crippen LogP) is 5.42. The lowest BCUT2D eigenvalue weighted by molar-refractivity contribution is -0.116. The van der Waals surface area contributed by atoms with Crippen molar-refractivity contribution in [1.29, 1.82) is 0 Å². The molecular weight excluding hydrogens is 524 g/mol. The van der Waals surface area contributed by atoms with Gasteiger partial charge in [0.15, 0.2) is 0 Å². The van der Waals surface area contributed by atoms with Crippen LogP contribution >= 0.6 is 0 Å². The van der Waals surface area contributed by atoms with Gasteiger partial charge in [-0.25, -0.2) is 0 Å². The number of aromatic nitrogens is 1. The maximum Gasteiger partial charge on any atom is 0.267 e. The Morgan fingerprint density at radius 3 is 2.55 bits per heavy atom. The number of likely N-dealkylation sites (tertiary alicyclic amines) is 1. The Kier molecular flexibility index (Phi) is 7.88. The highest BCUT2D eigenvalue weighted by molar-refractivity contribution is 6.07. The van der Waals surface area contributed by atoms with Gasteiger partial charge in [0.05, 0.1) is 18.7 Å². The van der Waals surface area contributed by atoms with E-state index in [1.165, 1.54) is 12.8 Å². The van der Waals surface area contributed by atoms with Crippen LogP contribution in [0.2, 0.25) is 0 Å². The summed E-state index contributed by atoms with van der Waals surface area (Å²) in [4.78, 5) is 31.8. The Morgan fingerprint density at radius 2 is 1.79 bits per heavy atom. The van der Waals surface area contributed by atoms with Gasteiger partial charge in [0, 0.05) is 43.1 Å². The van der Waals surface area contributed by atoms with Crippen LogP contribution in [0.3, 0.4) is 0 Å². The van der Waals surface area contributed by atoms with Gasteiger partial charge in [-0.2, -0.15) is 0 Å². The molecule has 0 saturated carbocycles. The molecule has 3 aliphatic rings. The summed E-state index contributed by atoms with van der Waals surface area (Å²) in [6.07, 6.45) is 7.80. The Hall–Kier alpha value is -3.94. The average molecular weight is 565 g/mol. The van der Waals surface area contributed by atoms with Gasteiger partial charge in [-0.3, -0.25) is 9.59 Å². The molecule has 1 aromatic heterocycles. The van der Waals surface area contributed by atoms with Crippen molar-refractivity contribution in [2.24, 2.45) is 0 Å². The van der Waals surface area contributed by atoms with Gasteiger partial charge in [-0.05, 0) is 74.7 Å². The molecule has 1 saturated heterocycles. The minimum atomic E-state index is -0.634. The number of fused-ring (bicyclic) bond motifs is 2. The van der Waals surface area contributed by atoms with Crippen LogP contribution in [-0.2, 0) is 22.6 Å². The summed E-state index contributed by atoms with van der Waals surface area (Å²) in [6, 6.07) is 22.6. The lowest BCUT2D eigenvalue weighted by atomic mass is 9.80. The molecule has 6 rings (SSSR count). The first-order valence-electron chi connectivity index (χ1n) is 15.0. The van der Waals surface area contributed by atoms with Gasteiger partial charge in [0.1, 0.15) is 5.69 Å². The van der Waals surface area contributed by atoms with Crippen LogP contribution in [0.1, 0.15) is 59.9 Å². The molecule has 1 fully saturated rings. The number of carbonyl (C=O) groups is 2. The van der Waals surface area contributed by atoms with E-state index >= 15 is 0 Å². The molecule has 42 heavy (non-hydrogen) atoms. The summed E-state index contributed by atoms with van der Waals surface area (Å²) in [5, 5.41) is 3.15. The van der Waals surface area contributed by atoms with Crippen molar-refractivity contribution in [2.75, 3.05) is 32.1 Å². The van der Waals surface area contributed by atoms with Gasteiger partial charge < -0.3 is 24.4 Å². The van der Waals surface area contributed by atoms with Crippen LogP contribution in [-0.4, -0.2) is 60.2 Å². The molecule has 0 bridgehead atoms. The molecule has 1 aliphatic carbocycles. The molecule has 1 N–H and O–H groups in total. The van der Waals surface area contributed by atoms with Gasteiger partial charge in [-0.15, -0.1) is 0 Å². The molecule has 2 aromatic carbocycles. The van der Waals surface area contributed by atoms with Crippen molar-refractivity contribution in [1.82, 2.24) is 14.8 Å². The van der Waals surface area contributed by atoms with Crippen LogP contribution in [0, 0.1) is 0 Å². The zero-order valence-corrected chi connectivity index (χ0v) is 24.8. The number of anilines is 1. The molecular formula is C35H40N4O3. The second kappa shape index (κ2) is 11.7. The number of hydrogen-bond donors (Lipinski definition) is 1. The van der Waals surface area contributed by atoms with Crippen molar-refractivity contribution in [3.05, 3.63) is 107 Å². The summed E-state index contributed by atoms with van der Waals surface area (Å²) in [5.41, 5.74) is 5.66. The molecule has 2 aliphatic heterocycles. The number of methoxy groups -OCH3 is 1. The van der Waals surface area contributed by atoms with E-state index in [1.807, 2.05) is 78.6 Å². The molecule has 2 atom stereocenters. The molecule has 218 valence electrons. The van der Waals surface area contributed by atoms with E-state index in [0.717, 1.165) is 41.0 Å². The van der Waals surface area contributed by atoms with Crippen molar-refractivity contribution < 1.29 is 14.3 Å². The fourth-order valence-electron chi connectivity index (χ4n) is 6.73. The summed E-state index contributed by atoms with van der Waals surface area (Å²) in [7, 11) is 3.87. The van der Waals surface area contributed by atoms with Crippen molar-refractivity contribution in [3.8, 4) is 0 Å². The molecule has 3 aromatic rings. The maximum atomic E-state index is 14.2. The van der Waals surface area contributed by atoms with E-state index in [9.17, 15) is 9.59 Å². The third-order valence-corrected chi connectivity index (χ3v) is 9.27. The van der Waals surface area contributed by atoms with Gasteiger partial charge in [0.2, 0.25) is 0 Å². The van der Waals surface area contributed by atoms with E-state index in [1.54, 1.807) is 7.11 Å². The maximum absolute atomic E-state index is 14.2. The number of nitrogens with zero attached hydrogens (tertiary/aromatic N) is 3. The summed E-state index contributed by atoms with van der Waals surface area (Å²) >= 11 is 0. The lowest BCUT2D eigenvalue weighted by Gasteiger charge is -2.36. The van der Waals surface area contributed by atoms with Crippen LogP contribution in [0.25, 0.3) is 5.57 Å². The summed E-state index contributed by atoms with van der Waals surface area (Å²) < 4.78 is 8.09. The molecule has 2 unspecified atom stereocenters. The quantitative estimate of drug-likeness (QED) is 0.417. The normalized spacial score (nSPS) is 22.1. The minimum absolute atomic E-state index is 0.0459. The number of carbonyl (C=O) groups excluding carboxylic acids is 2. The average Bonchev–Trinajstić information content (AvgIpc) is 3.57. The number of hydrogen-bond acceptors (Lipinski definition) is 4. The van der Waals surface area contributed by atoms with Crippen molar-refractivity contribution in [2.45, 2.75) is 57.3 Å². The van der Waals surface area contributed by atoms with E-state index in [2.05, 4.69) is 34.0 Å². The zero-order chi connectivity index (χ0) is 29.3. The first-order valence-corrected chi connectivity index (χ1v) is 15.0. The number of benzene rings is 2. The van der Waals surface area contributed by atoms with Crippen LogP contribution in [0.5, 0.6) is 0 Å². The van der Waals surface area contributed by atoms with Crippen LogP contribution in [0.15, 0.2) is 84.5 Å². The number of para-hydroxylation sites is 1. The Morgan fingerprint density at radius 1 is 1.00 bits per heavy atom. The Bertz CT molecular complexity index is 1540. The number of amides is 2. The molecule has 0 spiro atoms. The minimum Gasteiger partial charge on any atom is -0.373 e. The lowest BCUT2D eigenvalue weighted by Crippen LogP contribution is -2.38. The highest BCUT2D eigenvalue weighted by Crippen LogP contribution is 2.40. The number of allylic oxidation sites excluding steroid dienone is 2. The predicted molar refractivity (Wildman–Crippen MR) is 166 cm³/mol. The Balaban J connectivity index is 1.26. The monoisotopic (exact) mass is 564 g/mol. The largest absolute Gasteiger partial charge is 0.373 e. The number of rotatable bonds is 7. The third kappa shape index (κ3) is 5.35. The Labute approximate surface area is 248 Å². The fraction of sp³-hybridized carbons (Fsp3) is 0.371. The first-order chi connectivity index (χ1) is 20.4. The standard InChI is InChI=1S/C35H40N4O3/c1-35(42-3)22-26(15-17-30(35)25-10-5-4-6-11-25)34(41)39-24-29-16-18-32(38(29)23-27-12-7-8-14-31(27)39)33(40)36-20-19-28-13-9-21-37(28)2/h4-8,10-12,14-18,28H,9,13,19-24H2,1-3H3,(H,36,40). The third-order valence-electron chi connectivity index (χ3n) is 9.27. The highest BCUT2D eigenvalue weighted by atomic mass is 16.5. The first kappa shape index (κ1) is 28.2. The van der Waals surface area contributed by atoms with Gasteiger partial charge in [0.25, 0.3) is 11.8 Å². The summed E-state index contributed by atoms with van der Waals surface area (Å²) in [5.74, 6) is -0.112. The molecule has 3 heterocycles. The van der Waals surface area contributed by atoms with E-state index in [-0.39, 0.29) is 11.8 Å². The summed E-state index contributed by atoms with van der Waals surface area (Å²) in [6.45, 7) is 4.74. The number of ether oxygens (including phenoxy) is 1. The van der Waals surface area contributed by atoms with E-state index in [4.69, 9.17) is 4.74 Å². The van der Waals surface area contributed by atoms with Crippen molar-refractivity contribution >= 4 is 23.1 Å². The zero-order valence-electron chi connectivity index (χ0n) is 24.8. The van der Waals surface area contributed by atoms with Crippen LogP contribution in [0.4, 0.5) is 5.69 Å². The molecule has 7 heteroatoms. The SMILES string of the molecule is COC1(C)CC(C(=O)N2Cc3ccc(C(=O)NCCC4CCCN4C)n3Cc3ccccc32)=CC=C1c1ccccc1. The fourth-order valence-corrected chi connectivity index (χ4v) is 6.73. The van der Waals surface area contributed by atoms with E-state index < -0.39 is 5.60 Å². The second-order valence-corrected chi connectivity index (χ2v) is 11.9.